The highest BCUT2D eigenvalue weighted by Crippen LogP contribution is 2.31. The molecule has 102 valence electrons. The Bertz CT molecular complexity index is 377. The maximum atomic E-state index is 10.5. The van der Waals surface area contributed by atoms with Gasteiger partial charge in [0, 0.05) is 18.1 Å². The molecule has 0 bridgehead atoms. The van der Waals surface area contributed by atoms with Gasteiger partial charge in [-0.1, -0.05) is 6.92 Å². The van der Waals surface area contributed by atoms with Crippen molar-refractivity contribution >= 4 is 11.8 Å². The minimum Gasteiger partial charge on any atom is -0.493 e. The standard InChI is InChI=1S/C12H20N2O3S/c1-3-4-14-11(9(16-2)7-13-14)12(15)10-8-18-6-5-17-10/h7,10,12,15H,3-6,8H2,1-2H3. The summed E-state index contributed by atoms with van der Waals surface area (Å²) in [5.74, 6) is 2.44. The molecule has 0 saturated carbocycles. The minimum atomic E-state index is -0.679. The molecule has 1 saturated heterocycles. The van der Waals surface area contributed by atoms with Gasteiger partial charge >= 0.3 is 0 Å². The van der Waals surface area contributed by atoms with Crippen LogP contribution in [-0.2, 0) is 11.3 Å². The first-order valence-corrected chi connectivity index (χ1v) is 7.40. The highest BCUT2D eigenvalue weighted by Gasteiger charge is 2.30. The van der Waals surface area contributed by atoms with Gasteiger partial charge in [-0.3, -0.25) is 4.68 Å². The fourth-order valence-corrected chi connectivity index (χ4v) is 2.98. The van der Waals surface area contributed by atoms with E-state index in [1.807, 2.05) is 4.68 Å². The molecule has 2 heterocycles. The molecule has 5 nitrogen and oxygen atoms in total. The third-order valence-electron chi connectivity index (χ3n) is 2.97. The minimum absolute atomic E-state index is 0.176. The average molecular weight is 272 g/mol. The van der Waals surface area contributed by atoms with E-state index >= 15 is 0 Å². The number of ether oxygens (including phenoxy) is 2. The molecule has 1 fully saturated rings. The van der Waals surface area contributed by atoms with Gasteiger partial charge in [-0.2, -0.15) is 16.9 Å². The highest BCUT2D eigenvalue weighted by molar-refractivity contribution is 7.99. The Balaban J connectivity index is 2.20. The van der Waals surface area contributed by atoms with Crippen molar-refractivity contribution in [3.8, 4) is 5.75 Å². The summed E-state index contributed by atoms with van der Waals surface area (Å²) < 4.78 is 12.7. The molecule has 0 radical (unpaired) electrons. The zero-order valence-electron chi connectivity index (χ0n) is 10.8. The van der Waals surface area contributed by atoms with E-state index in [-0.39, 0.29) is 6.10 Å². The van der Waals surface area contributed by atoms with Gasteiger partial charge in [-0.15, -0.1) is 0 Å². The van der Waals surface area contributed by atoms with E-state index < -0.39 is 6.10 Å². The Morgan fingerprint density at radius 2 is 2.56 bits per heavy atom. The number of aliphatic hydroxyl groups excluding tert-OH is 1. The van der Waals surface area contributed by atoms with Gasteiger partial charge in [0.25, 0.3) is 0 Å². The van der Waals surface area contributed by atoms with Crippen LogP contribution in [0.25, 0.3) is 0 Å². The van der Waals surface area contributed by atoms with Crippen LogP contribution in [0.2, 0.25) is 0 Å². The summed E-state index contributed by atoms with van der Waals surface area (Å²) >= 11 is 1.81. The molecule has 0 spiro atoms. The number of aryl methyl sites for hydroxylation is 1. The Hall–Kier alpha value is -0.720. The lowest BCUT2D eigenvalue weighted by Crippen LogP contribution is -2.31. The number of aliphatic hydroxyl groups is 1. The SMILES string of the molecule is CCCn1ncc(OC)c1C(O)C1CSCCO1. The zero-order valence-corrected chi connectivity index (χ0v) is 11.7. The van der Waals surface area contributed by atoms with Crippen molar-refractivity contribution < 1.29 is 14.6 Å². The highest BCUT2D eigenvalue weighted by atomic mass is 32.2. The Morgan fingerprint density at radius 3 is 3.17 bits per heavy atom. The lowest BCUT2D eigenvalue weighted by molar-refractivity contribution is -0.0274. The summed E-state index contributed by atoms with van der Waals surface area (Å²) in [6.45, 7) is 3.55. The molecule has 2 atom stereocenters. The molecular formula is C12H20N2O3S. The van der Waals surface area contributed by atoms with Crippen molar-refractivity contribution in [1.29, 1.82) is 0 Å². The quantitative estimate of drug-likeness (QED) is 0.879. The summed E-state index contributed by atoms with van der Waals surface area (Å²) in [6.07, 6.45) is 1.77. The Kier molecular flexibility index (Phi) is 4.91. The van der Waals surface area contributed by atoms with Crippen LogP contribution in [0.15, 0.2) is 6.20 Å². The molecule has 18 heavy (non-hydrogen) atoms. The van der Waals surface area contributed by atoms with Gasteiger partial charge in [0.05, 0.1) is 26.0 Å². The van der Waals surface area contributed by atoms with Crippen molar-refractivity contribution in [1.82, 2.24) is 9.78 Å². The number of hydrogen-bond donors (Lipinski definition) is 1. The predicted molar refractivity (Wildman–Crippen MR) is 71.1 cm³/mol. The summed E-state index contributed by atoms with van der Waals surface area (Å²) in [5, 5.41) is 14.7. The van der Waals surface area contributed by atoms with Crippen molar-refractivity contribution in [2.24, 2.45) is 0 Å². The summed E-state index contributed by atoms with van der Waals surface area (Å²) in [5.41, 5.74) is 0.729. The predicted octanol–water partition coefficient (Wildman–Crippen LogP) is 1.47. The number of methoxy groups -OCH3 is 1. The monoisotopic (exact) mass is 272 g/mol. The van der Waals surface area contributed by atoms with Crippen molar-refractivity contribution in [3.05, 3.63) is 11.9 Å². The van der Waals surface area contributed by atoms with Gasteiger partial charge in [0.1, 0.15) is 11.8 Å². The van der Waals surface area contributed by atoms with Gasteiger partial charge in [0.2, 0.25) is 0 Å². The van der Waals surface area contributed by atoms with Crippen LogP contribution < -0.4 is 4.74 Å². The fraction of sp³-hybridized carbons (Fsp3) is 0.750. The first-order valence-electron chi connectivity index (χ1n) is 6.25. The van der Waals surface area contributed by atoms with Crippen LogP contribution in [0.3, 0.4) is 0 Å². The van der Waals surface area contributed by atoms with Crippen LogP contribution in [0.5, 0.6) is 5.75 Å². The molecule has 1 aromatic heterocycles. The van der Waals surface area contributed by atoms with Crippen molar-refractivity contribution in [2.45, 2.75) is 32.1 Å². The van der Waals surface area contributed by atoms with E-state index in [1.165, 1.54) is 0 Å². The van der Waals surface area contributed by atoms with Crippen LogP contribution >= 0.6 is 11.8 Å². The van der Waals surface area contributed by atoms with Crippen LogP contribution in [0.4, 0.5) is 0 Å². The second-order valence-corrected chi connectivity index (χ2v) is 5.40. The van der Waals surface area contributed by atoms with E-state index in [0.29, 0.717) is 12.4 Å². The topological polar surface area (TPSA) is 56.5 Å². The molecular weight excluding hydrogens is 252 g/mol. The lowest BCUT2D eigenvalue weighted by Gasteiger charge is -2.27. The van der Waals surface area contributed by atoms with E-state index in [2.05, 4.69) is 12.0 Å². The largest absolute Gasteiger partial charge is 0.493 e. The maximum Gasteiger partial charge on any atom is 0.162 e. The van der Waals surface area contributed by atoms with Gasteiger partial charge in [0.15, 0.2) is 5.75 Å². The zero-order chi connectivity index (χ0) is 13.0. The lowest BCUT2D eigenvalue weighted by atomic mass is 10.1. The van der Waals surface area contributed by atoms with E-state index in [0.717, 1.165) is 30.2 Å². The van der Waals surface area contributed by atoms with E-state index in [9.17, 15) is 5.11 Å². The second kappa shape index (κ2) is 6.45. The molecule has 1 aliphatic rings. The Morgan fingerprint density at radius 1 is 1.72 bits per heavy atom. The van der Waals surface area contributed by atoms with Crippen molar-refractivity contribution in [2.75, 3.05) is 25.2 Å². The number of hydrogen-bond acceptors (Lipinski definition) is 5. The summed E-state index contributed by atoms with van der Waals surface area (Å²) in [7, 11) is 1.60. The first-order chi connectivity index (χ1) is 8.77. The van der Waals surface area contributed by atoms with Crippen LogP contribution in [0, 0.1) is 0 Å². The normalized spacial score (nSPS) is 21.8. The van der Waals surface area contributed by atoms with Gasteiger partial charge < -0.3 is 14.6 Å². The molecule has 0 aliphatic carbocycles. The molecule has 1 aliphatic heterocycles. The molecule has 0 aromatic carbocycles. The molecule has 1 aromatic rings. The van der Waals surface area contributed by atoms with E-state index in [4.69, 9.17) is 9.47 Å². The summed E-state index contributed by atoms with van der Waals surface area (Å²) in [6, 6.07) is 0. The fourth-order valence-electron chi connectivity index (χ4n) is 2.09. The van der Waals surface area contributed by atoms with Gasteiger partial charge in [-0.25, -0.2) is 0 Å². The third kappa shape index (κ3) is 2.81. The first kappa shape index (κ1) is 13.7. The Labute approximate surface area is 111 Å². The third-order valence-corrected chi connectivity index (χ3v) is 3.99. The summed E-state index contributed by atoms with van der Waals surface area (Å²) in [4.78, 5) is 0. The van der Waals surface area contributed by atoms with E-state index in [1.54, 1.807) is 25.1 Å². The van der Waals surface area contributed by atoms with Crippen LogP contribution in [0.1, 0.15) is 25.1 Å². The molecule has 1 N–H and O–H groups in total. The number of thioether (sulfide) groups is 1. The second-order valence-electron chi connectivity index (χ2n) is 4.25. The molecule has 2 unspecified atom stereocenters. The number of rotatable bonds is 5. The number of aromatic nitrogens is 2. The molecule has 2 rings (SSSR count). The van der Waals surface area contributed by atoms with Crippen LogP contribution in [-0.4, -0.2) is 46.2 Å². The number of nitrogens with zero attached hydrogens (tertiary/aromatic N) is 2. The van der Waals surface area contributed by atoms with Crippen molar-refractivity contribution in [3.63, 3.8) is 0 Å². The van der Waals surface area contributed by atoms with Gasteiger partial charge in [-0.05, 0) is 6.42 Å². The molecule has 0 amide bonds. The smallest absolute Gasteiger partial charge is 0.162 e. The maximum absolute atomic E-state index is 10.5. The average Bonchev–Trinajstić information content (AvgIpc) is 2.82. The molecule has 6 heteroatoms.